The molecule has 0 spiro atoms. The molecule has 0 saturated heterocycles. The number of nitrogens with zero attached hydrogens (tertiary/aromatic N) is 1. The van der Waals surface area contributed by atoms with E-state index in [2.05, 4.69) is 5.10 Å². The number of aromatic amines is 1. The number of aromatic nitrogens is 2. The minimum Gasteiger partial charge on any atom is -0.461 e. The van der Waals surface area contributed by atoms with Crippen molar-refractivity contribution in [2.24, 2.45) is 0 Å². The van der Waals surface area contributed by atoms with Crippen LogP contribution in [0.1, 0.15) is 23.8 Å². The molecule has 1 aromatic rings. The lowest BCUT2D eigenvalue weighted by atomic mass is 10.4. The van der Waals surface area contributed by atoms with Crippen LogP contribution in [0.25, 0.3) is 0 Å². The average molecular weight is 278 g/mol. The molecule has 1 heterocycles. The molecule has 0 saturated carbocycles. The molecule has 2 N–H and O–H groups in total. The van der Waals surface area contributed by atoms with Crippen LogP contribution in [0.2, 0.25) is 0 Å². The number of ether oxygens (including phenoxy) is 1. The maximum Gasteiger partial charge on any atom is 0.356 e. The van der Waals surface area contributed by atoms with Gasteiger partial charge in [-0.2, -0.15) is 8.42 Å². The van der Waals surface area contributed by atoms with Crippen LogP contribution in [0.5, 0.6) is 0 Å². The van der Waals surface area contributed by atoms with E-state index >= 15 is 0 Å². The van der Waals surface area contributed by atoms with Crippen LogP contribution in [0.15, 0.2) is 10.9 Å². The highest BCUT2D eigenvalue weighted by molar-refractivity contribution is 7.85. The fraction of sp³-hybridized carbons (Fsp3) is 0.556. The summed E-state index contributed by atoms with van der Waals surface area (Å²) < 4.78 is 35.3. The zero-order valence-corrected chi connectivity index (χ0v) is 10.6. The number of rotatable bonds is 6. The maximum atomic E-state index is 11.4. The van der Waals surface area contributed by atoms with E-state index in [0.29, 0.717) is 0 Å². The quantitative estimate of drug-likeness (QED) is 0.541. The van der Waals surface area contributed by atoms with E-state index in [4.69, 9.17) is 9.29 Å². The summed E-state index contributed by atoms with van der Waals surface area (Å²) >= 11 is 0. The first kappa shape index (κ1) is 14.5. The van der Waals surface area contributed by atoms with Gasteiger partial charge < -0.3 is 4.74 Å². The third-order valence-electron chi connectivity index (χ3n) is 2.07. The molecule has 9 heteroatoms. The minimum atomic E-state index is -4.05. The number of carbonyl (C=O) groups is 1. The lowest BCUT2D eigenvalue weighted by Gasteiger charge is -2.01. The molecule has 0 radical (unpaired) electrons. The second-order valence-corrected chi connectivity index (χ2v) is 5.09. The van der Waals surface area contributed by atoms with Crippen LogP contribution in [-0.4, -0.2) is 41.1 Å². The number of hydrogen-bond donors (Lipinski definition) is 2. The maximum absolute atomic E-state index is 11.4. The Bertz CT molecular complexity index is 570. The molecule has 0 aliphatic heterocycles. The van der Waals surface area contributed by atoms with Crippen LogP contribution in [0.3, 0.4) is 0 Å². The Labute approximate surface area is 103 Å². The third kappa shape index (κ3) is 4.34. The molecule has 0 unspecified atom stereocenters. The highest BCUT2D eigenvalue weighted by Crippen LogP contribution is 1.96. The third-order valence-corrected chi connectivity index (χ3v) is 2.87. The summed E-state index contributed by atoms with van der Waals surface area (Å²) in [5, 5.41) is 2.51. The summed E-state index contributed by atoms with van der Waals surface area (Å²) in [6, 6.07) is 1.07. The number of hydrogen-bond acceptors (Lipinski definition) is 5. The number of aryl methyl sites for hydroxylation is 1. The van der Waals surface area contributed by atoms with E-state index in [0.717, 1.165) is 10.7 Å². The Morgan fingerprint density at radius 3 is 2.78 bits per heavy atom. The smallest absolute Gasteiger partial charge is 0.356 e. The number of H-pyrrole nitrogens is 1. The Morgan fingerprint density at radius 2 is 2.22 bits per heavy atom. The molecule has 8 nitrogen and oxygen atoms in total. The molecule has 0 aliphatic rings. The van der Waals surface area contributed by atoms with Crippen LogP contribution in [0, 0.1) is 0 Å². The predicted octanol–water partition coefficient (Wildman–Crippen LogP) is -0.369. The van der Waals surface area contributed by atoms with E-state index in [-0.39, 0.29) is 25.3 Å². The van der Waals surface area contributed by atoms with Gasteiger partial charge in [-0.05, 0) is 13.3 Å². The van der Waals surface area contributed by atoms with Gasteiger partial charge in [0.15, 0.2) is 0 Å². The number of carbonyl (C=O) groups excluding carboxylic acids is 1. The van der Waals surface area contributed by atoms with Gasteiger partial charge in [-0.1, -0.05) is 0 Å². The normalized spacial score (nSPS) is 11.4. The van der Waals surface area contributed by atoms with Gasteiger partial charge in [0.2, 0.25) is 0 Å². The summed E-state index contributed by atoms with van der Waals surface area (Å²) in [5.74, 6) is -1.10. The largest absolute Gasteiger partial charge is 0.461 e. The summed E-state index contributed by atoms with van der Waals surface area (Å²) in [5.41, 5.74) is -0.456. The van der Waals surface area contributed by atoms with Gasteiger partial charge in [0.05, 0.1) is 12.4 Å². The van der Waals surface area contributed by atoms with Crippen molar-refractivity contribution in [3.63, 3.8) is 0 Å². The molecule has 0 fully saturated rings. The van der Waals surface area contributed by atoms with Crippen molar-refractivity contribution in [1.82, 2.24) is 9.78 Å². The number of nitrogens with one attached hydrogen (secondary N) is 1. The molecule has 1 aromatic heterocycles. The summed E-state index contributed by atoms with van der Waals surface area (Å²) in [6.07, 6.45) is 0.0571. The molecule has 0 aromatic carbocycles. The van der Waals surface area contributed by atoms with Gasteiger partial charge in [0, 0.05) is 12.6 Å². The molecular formula is C9H14N2O6S. The van der Waals surface area contributed by atoms with Crippen molar-refractivity contribution in [1.29, 1.82) is 0 Å². The first-order valence-corrected chi connectivity index (χ1v) is 6.86. The second kappa shape index (κ2) is 5.83. The Hall–Kier alpha value is -1.61. The van der Waals surface area contributed by atoms with Gasteiger partial charge in [-0.15, -0.1) is 0 Å². The van der Waals surface area contributed by atoms with E-state index < -0.39 is 27.4 Å². The van der Waals surface area contributed by atoms with E-state index in [1.54, 1.807) is 6.92 Å². The standard InChI is InChI=1S/C9H14N2O6S/c1-2-17-9(13)7-6-8(12)11(10-7)4-3-5-18(14,15)16/h6,10H,2-5H2,1H3,(H,14,15,16). The molecule has 0 bridgehead atoms. The Balaban J connectivity index is 2.68. The highest BCUT2D eigenvalue weighted by Gasteiger charge is 2.12. The van der Waals surface area contributed by atoms with E-state index in [9.17, 15) is 18.0 Å². The molecule has 0 amide bonds. The van der Waals surface area contributed by atoms with E-state index in [1.165, 1.54) is 0 Å². The topological polar surface area (TPSA) is 118 Å². The van der Waals surface area contributed by atoms with Gasteiger partial charge >= 0.3 is 5.97 Å². The van der Waals surface area contributed by atoms with Crippen molar-refractivity contribution < 1.29 is 22.5 Å². The minimum absolute atomic E-state index is 0.00806. The highest BCUT2D eigenvalue weighted by atomic mass is 32.2. The Morgan fingerprint density at radius 1 is 1.56 bits per heavy atom. The lowest BCUT2D eigenvalue weighted by Crippen LogP contribution is -2.18. The van der Waals surface area contributed by atoms with Crippen LogP contribution in [-0.2, 0) is 21.4 Å². The fourth-order valence-electron chi connectivity index (χ4n) is 1.32. The zero-order valence-electron chi connectivity index (χ0n) is 9.75. The average Bonchev–Trinajstić information content (AvgIpc) is 2.59. The van der Waals surface area contributed by atoms with Crippen LogP contribution < -0.4 is 5.56 Å². The van der Waals surface area contributed by atoms with Crippen molar-refractivity contribution >= 4 is 16.1 Å². The first-order valence-electron chi connectivity index (χ1n) is 5.25. The summed E-state index contributed by atoms with van der Waals surface area (Å²) in [7, 11) is -4.05. The lowest BCUT2D eigenvalue weighted by molar-refractivity contribution is 0.0518. The van der Waals surface area contributed by atoms with Crippen LogP contribution in [0.4, 0.5) is 0 Å². The number of esters is 1. The van der Waals surface area contributed by atoms with Crippen LogP contribution >= 0.6 is 0 Å². The molecule has 18 heavy (non-hydrogen) atoms. The summed E-state index contributed by atoms with van der Waals surface area (Å²) in [4.78, 5) is 22.7. The predicted molar refractivity (Wildman–Crippen MR) is 62.0 cm³/mol. The van der Waals surface area contributed by atoms with Crippen molar-refractivity contribution in [3.8, 4) is 0 Å². The SMILES string of the molecule is CCOC(=O)c1cc(=O)n(CCCS(=O)(=O)O)[nH]1. The first-order chi connectivity index (χ1) is 8.33. The Kier molecular flexibility index (Phi) is 4.68. The van der Waals surface area contributed by atoms with Crippen molar-refractivity contribution in [2.75, 3.05) is 12.4 Å². The van der Waals surface area contributed by atoms with Crippen molar-refractivity contribution in [2.45, 2.75) is 19.9 Å². The fourth-order valence-corrected chi connectivity index (χ4v) is 1.81. The van der Waals surface area contributed by atoms with E-state index in [1.807, 2.05) is 0 Å². The van der Waals surface area contributed by atoms with Gasteiger partial charge in [-0.25, -0.2) is 4.79 Å². The van der Waals surface area contributed by atoms with Gasteiger partial charge in [0.1, 0.15) is 5.69 Å². The zero-order chi connectivity index (χ0) is 13.8. The van der Waals surface area contributed by atoms with Gasteiger partial charge in [0.25, 0.3) is 15.7 Å². The molecule has 102 valence electrons. The molecule has 1 rings (SSSR count). The molecule has 0 aliphatic carbocycles. The second-order valence-electron chi connectivity index (χ2n) is 3.52. The molecular weight excluding hydrogens is 264 g/mol. The van der Waals surface area contributed by atoms with Crippen molar-refractivity contribution in [3.05, 3.63) is 22.1 Å². The summed E-state index contributed by atoms with van der Waals surface area (Å²) in [6.45, 7) is 1.88. The van der Waals surface area contributed by atoms with Gasteiger partial charge in [-0.3, -0.25) is 19.1 Å². The molecule has 0 atom stereocenters. The monoisotopic (exact) mass is 278 g/mol.